The van der Waals surface area contributed by atoms with Crippen LogP contribution in [0.1, 0.15) is 18.0 Å². The van der Waals surface area contributed by atoms with Crippen LogP contribution in [0.4, 0.5) is 8.78 Å². The van der Waals surface area contributed by atoms with Gasteiger partial charge in [-0.15, -0.1) is 0 Å². The molecule has 1 fully saturated rings. The number of benzene rings is 1. The quantitative estimate of drug-likeness (QED) is 0.796. The predicted molar refractivity (Wildman–Crippen MR) is 56.9 cm³/mol. The van der Waals surface area contributed by atoms with Crippen LogP contribution in [-0.2, 0) is 0 Å². The molecule has 1 N–H and O–H groups in total. The number of nitrogens with zero attached hydrogens (tertiary/aromatic N) is 2. The highest BCUT2D eigenvalue weighted by Crippen LogP contribution is 2.33. The van der Waals surface area contributed by atoms with Gasteiger partial charge in [-0.2, -0.15) is 5.26 Å². The molecule has 17 heavy (non-hydrogen) atoms. The summed E-state index contributed by atoms with van der Waals surface area (Å²) in [5, 5.41) is 18.2. The Labute approximate surface area is 97.9 Å². The van der Waals surface area contributed by atoms with Crippen molar-refractivity contribution in [2.24, 2.45) is 0 Å². The molecule has 90 valence electrons. The van der Waals surface area contributed by atoms with Crippen molar-refractivity contribution >= 4 is 0 Å². The molecule has 0 aromatic heterocycles. The second-order valence-corrected chi connectivity index (χ2v) is 4.16. The first kappa shape index (κ1) is 12.0. The standard InChI is InChI=1S/C12H12F2N2O/c13-8-1-2-11(14)10(5-8)12-6-9(17)7-16(12)4-3-15/h1-2,5,9,12,17H,4,6-7H2/t9-,12-/m1/s1. The average molecular weight is 238 g/mol. The van der Waals surface area contributed by atoms with Crippen LogP contribution in [0.15, 0.2) is 18.2 Å². The summed E-state index contributed by atoms with van der Waals surface area (Å²) in [4.78, 5) is 1.66. The minimum Gasteiger partial charge on any atom is -0.392 e. The number of likely N-dealkylation sites (tertiary alicyclic amines) is 1. The Morgan fingerprint density at radius 2 is 2.24 bits per heavy atom. The fraction of sp³-hybridized carbons (Fsp3) is 0.417. The summed E-state index contributed by atoms with van der Waals surface area (Å²) in [6, 6.07) is 4.78. The van der Waals surface area contributed by atoms with Gasteiger partial charge in [-0.3, -0.25) is 4.90 Å². The lowest BCUT2D eigenvalue weighted by atomic mass is 10.0. The van der Waals surface area contributed by atoms with Crippen LogP contribution < -0.4 is 0 Å². The maximum atomic E-state index is 13.6. The summed E-state index contributed by atoms with van der Waals surface area (Å²) < 4.78 is 26.7. The first-order valence-corrected chi connectivity index (χ1v) is 5.36. The zero-order valence-electron chi connectivity index (χ0n) is 9.11. The van der Waals surface area contributed by atoms with Gasteiger partial charge in [0.1, 0.15) is 11.6 Å². The second kappa shape index (κ2) is 4.78. The topological polar surface area (TPSA) is 47.3 Å². The van der Waals surface area contributed by atoms with Crippen LogP contribution in [0.3, 0.4) is 0 Å². The zero-order valence-corrected chi connectivity index (χ0v) is 9.11. The minimum atomic E-state index is -0.601. The van der Waals surface area contributed by atoms with Gasteiger partial charge in [-0.25, -0.2) is 8.78 Å². The third-order valence-corrected chi connectivity index (χ3v) is 2.97. The van der Waals surface area contributed by atoms with E-state index in [1.54, 1.807) is 4.90 Å². The maximum absolute atomic E-state index is 13.6. The van der Waals surface area contributed by atoms with Crippen molar-refractivity contribution in [3.63, 3.8) is 0 Å². The largest absolute Gasteiger partial charge is 0.392 e. The van der Waals surface area contributed by atoms with E-state index in [4.69, 9.17) is 5.26 Å². The smallest absolute Gasteiger partial charge is 0.128 e. The molecular weight excluding hydrogens is 226 g/mol. The Bertz CT molecular complexity index is 458. The van der Waals surface area contributed by atoms with E-state index in [2.05, 4.69) is 0 Å². The number of nitriles is 1. The molecule has 1 aliphatic heterocycles. The second-order valence-electron chi connectivity index (χ2n) is 4.16. The molecule has 0 bridgehead atoms. The summed E-state index contributed by atoms with van der Waals surface area (Å²) in [7, 11) is 0. The summed E-state index contributed by atoms with van der Waals surface area (Å²) in [5.74, 6) is -1.02. The number of hydrogen-bond donors (Lipinski definition) is 1. The van der Waals surface area contributed by atoms with Crippen LogP contribution in [0.2, 0.25) is 0 Å². The molecule has 1 heterocycles. The SMILES string of the molecule is N#CCN1C[C@H](O)C[C@@H]1c1cc(F)ccc1F. The molecule has 5 heteroatoms. The van der Waals surface area contributed by atoms with Crippen molar-refractivity contribution in [2.75, 3.05) is 13.1 Å². The number of aliphatic hydroxyl groups is 1. The van der Waals surface area contributed by atoms with Crippen LogP contribution in [0.5, 0.6) is 0 Å². The molecule has 2 rings (SSSR count). The van der Waals surface area contributed by atoms with E-state index in [1.165, 1.54) is 0 Å². The van der Waals surface area contributed by atoms with Gasteiger partial charge in [0.15, 0.2) is 0 Å². The Hall–Kier alpha value is -1.51. The lowest BCUT2D eigenvalue weighted by Crippen LogP contribution is -2.25. The molecule has 0 radical (unpaired) electrons. The normalized spacial score (nSPS) is 24.8. The lowest BCUT2D eigenvalue weighted by Gasteiger charge is -2.21. The highest BCUT2D eigenvalue weighted by atomic mass is 19.1. The Balaban J connectivity index is 2.31. The van der Waals surface area contributed by atoms with Gasteiger partial charge in [0, 0.05) is 18.2 Å². The number of β-amino-alcohol motifs (C(OH)–C–C–N with tert-alkyl or cyclic N) is 1. The molecule has 1 aromatic rings. The monoisotopic (exact) mass is 238 g/mol. The minimum absolute atomic E-state index is 0.0949. The van der Waals surface area contributed by atoms with E-state index in [9.17, 15) is 13.9 Å². The number of aliphatic hydroxyl groups excluding tert-OH is 1. The molecule has 0 amide bonds. The predicted octanol–water partition coefficient (Wildman–Crippen LogP) is 1.60. The van der Waals surface area contributed by atoms with Gasteiger partial charge in [-0.1, -0.05) is 0 Å². The molecule has 2 atom stereocenters. The van der Waals surface area contributed by atoms with E-state index >= 15 is 0 Å². The maximum Gasteiger partial charge on any atom is 0.128 e. The van der Waals surface area contributed by atoms with E-state index in [-0.39, 0.29) is 12.1 Å². The van der Waals surface area contributed by atoms with Gasteiger partial charge in [-0.05, 0) is 24.6 Å². The zero-order chi connectivity index (χ0) is 12.4. The van der Waals surface area contributed by atoms with E-state index < -0.39 is 23.8 Å². The van der Waals surface area contributed by atoms with E-state index in [1.807, 2.05) is 6.07 Å². The molecule has 1 saturated heterocycles. The first-order chi connectivity index (χ1) is 8.11. The highest BCUT2D eigenvalue weighted by Gasteiger charge is 2.33. The van der Waals surface area contributed by atoms with Crippen LogP contribution in [0.25, 0.3) is 0 Å². The van der Waals surface area contributed by atoms with Crippen LogP contribution in [-0.4, -0.2) is 29.2 Å². The Morgan fingerprint density at radius 1 is 1.47 bits per heavy atom. The van der Waals surface area contributed by atoms with Gasteiger partial charge in [0.25, 0.3) is 0 Å². The molecule has 0 aliphatic carbocycles. The molecule has 0 unspecified atom stereocenters. The molecule has 0 spiro atoms. The fourth-order valence-corrected chi connectivity index (χ4v) is 2.24. The van der Waals surface area contributed by atoms with Crippen molar-refractivity contribution in [1.82, 2.24) is 4.90 Å². The van der Waals surface area contributed by atoms with E-state index in [0.29, 0.717) is 13.0 Å². The van der Waals surface area contributed by atoms with Gasteiger partial charge in [0.2, 0.25) is 0 Å². The van der Waals surface area contributed by atoms with Gasteiger partial charge >= 0.3 is 0 Å². The summed E-state index contributed by atoms with van der Waals surface area (Å²) in [6.07, 6.45) is -0.279. The lowest BCUT2D eigenvalue weighted by molar-refractivity contribution is 0.179. The summed E-state index contributed by atoms with van der Waals surface area (Å²) in [5.41, 5.74) is 0.205. The number of hydrogen-bond acceptors (Lipinski definition) is 3. The third kappa shape index (κ3) is 2.43. The van der Waals surface area contributed by atoms with Crippen molar-refractivity contribution in [2.45, 2.75) is 18.6 Å². The van der Waals surface area contributed by atoms with Gasteiger partial charge in [0.05, 0.1) is 18.7 Å². The number of halogens is 2. The molecule has 0 saturated carbocycles. The summed E-state index contributed by atoms with van der Waals surface area (Å²) in [6.45, 7) is 0.409. The van der Waals surface area contributed by atoms with Gasteiger partial charge < -0.3 is 5.11 Å². The molecule has 1 aromatic carbocycles. The highest BCUT2D eigenvalue weighted by molar-refractivity contribution is 5.24. The first-order valence-electron chi connectivity index (χ1n) is 5.36. The fourth-order valence-electron chi connectivity index (χ4n) is 2.24. The van der Waals surface area contributed by atoms with Crippen LogP contribution in [0, 0.1) is 23.0 Å². The van der Waals surface area contributed by atoms with Crippen LogP contribution >= 0.6 is 0 Å². The van der Waals surface area contributed by atoms with Crippen molar-refractivity contribution in [3.8, 4) is 6.07 Å². The van der Waals surface area contributed by atoms with Crippen molar-refractivity contribution in [3.05, 3.63) is 35.4 Å². The Morgan fingerprint density at radius 3 is 2.94 bits per heavy atom. The molecule has 1 aliphatic rings. The number of rotatable bonds is 2. The summed E-state index contributed by atoms with van der Waals surface area (Å²) >= 11 is 0. The molecule has 3 nitrogen and oxygen atoms in total. The van der Waals surface area contributed by atoms with Crippen molar-refractivity contribution < 1.29 is 13.9 Å². The molecular formula is C12H12F2N2O. The Kier molecular flexibility index (Phi) is 3.36. The van der Waals surface area contributed by atoms with E-state index in [0.717, 1.165) is 18.2 Å². The van der Waals surface area contributed by atoms with Crippen molar-refractivity contribution in [1.29, 1.82) is 5.26 Å². The third-order valence-electron chi connectivity index (χ3n) is 2.97. The average Bonchev–Trinajstić information content (AvgIpc) is 2.64.